The average Bonchev–Trinajstić information content (AvgIpc) is 2.78. The van der Waals surface area contributed by atoms with Crippen LogP contribution in [0.2, 0.25) is 0 Å². The zero-order valence-corrected chi connectivity index (χ0v) is 19.4. The number of amides is 1. The molecule has 2 aliphatic rings. The highest BCUT2D eigenvalue weighted by Crippen LogP contribution is 2.21. The minimum atomic E-state index is -0.834. The van der Waals surface area contributed by atoms with Crippen LogP contribution in [0.25, 0.3) is 0 Å². The Bertz CT molecular complexity index is 921. The predicted octanol–water partition coefficient (Wildman–Crippen LogP) is 2.63. The third-order valence-electron chi connectivity index (χ3n) is 5.73. The molecule has 4 unspecified atom stereocenters. The van der Waals surface area contributed by atoms with Crippen LogP contribution in [-0.4, -0.2) is 53.1 Å². The second-order valence-corrected chi connectivity index (χ2v) is 8.28. The van der Waals surface area contributed by atoms with Crippen molar-refractivity contribution in [3.05, 3.63) is 71.5 Å². The van der Waals surface area contributed by atoms with Gasteiger partial charge in [-0.25, -0.2) is 0 Å². The van der Waals surface area contributed by atoms with Crippen molar-refractivity contribution in [1.29, 1.82) is 0 Å². The van der Waals surface area contributed by atoms with Gasteiger partial charge in [-0.1, -0.05) is 49.5 Å². The molecule has 1 aliphatic heterocycles. The Hall–Kier alpha value is -2.87. The number of ketones is 2. The first-order chi connectivity index (χ1) is 15.7. The molecule has 0 saturated heterocycles. The highest BCUT2D eigenvalue weighted by molar-refractivity contribution is 6.21. The van der Waals surface area contributed by atoms with Gasteiger partial charge >= 0.3 is 0 Å². The molecule has 1 aliphatic carbocycles. The first kappa shape index (κ1) is 26.4. The molecule has 178 valence electrons. The van der Waals surface area contributed by atoms with Gasteiger partial charge in [0.1, 0.15) is 0 Å². The summed E-state index contributed by atoms with van der Waals surface area (Å²) in [6.07, 6.45) is 13.9. The summed E-state index contributed by atoms with van der Waals surface area (Å²) in [6, 6.07) is 0. The van der Waals surface area contributed by atoms with Crippen molar-refractivity contribution < 1.29 is 29.3 Å². The molecule has 0 saturated carbocycles. The molecule has 33 heavy (non-hydrogen) atoms. The van der Waals surface area contributed by atoms with E-state index in [1.165, 1.54) is 13.2 Å². The highest BCUT2D eigenvalue weighted by Gasteiger charge is 2.25. The summed E-state index contributed by atoms with van der Waals surface area (Å²) in [5, 5.41) is 23.5. The van der Waals surface area contributed by atoms with Crippen LogP contribution in [0.5, 0.6) is 0 Å². The van der Waals surface area contributed by atoms with Crippen LogP contribution in [0.15, 0.2) is 71.5 Å². The van der Waals surface area contributed by atoms with Gasteiger partial charge < -0.3 is 20.3 Å². The van der Waals surface area contributed by atoms with Gasteiger partial charge in [0.15, 0.2) is 5.78 Å². The molecule has 0 aromatic carbocycles. The van der Waals surface area contributed by atoms with Crippen molar-refractivity contribution in [3.63, 3.8) is 0 Å². The van der Waals surface area contributed by atoms with Crippen LogP contribution >= 0.6 is 0 Å². The fourth-order valence-electron chi connectivity index (χ4n) is 3.58. The summed E-state index contributed by atoms with van der Waals surface area (Å²) >= 11 is 0. The van der Waals surface area contributed by atoms with Crippen LogP contribution < -0.4 is 5.32 Å². The maximum absolute atomic E-state index is 12.8. The third-order valence-corrected chi connectivity index (χ3v) is 5.73. The summed E-state index contributed by atoms with van der Waals surface area (Å²) < 4.78 is 5.30. The number of rotatable bonds is 1. The molecule has 1 amide bonds. The maximum Gasteiger partial charge on any atom is 0.227 e. The minimum Gasteiger partial charge on any atom is -0.392 e. The summed E-state index contributed by atoms with van der Waals surface area (Å²) in [5.74, 6) is -1.58. The van der Waals surface area contributed by atoms with Crippen LogP contribution in [0, 0.1) is 5.92 Å². The van der Waals surface area contributed by atoms with Gasteiger partial charge in [0, 0.05) is 24.7 Å². The van der Waals surface area contributed by atoms with Crippen LogP contribution in [0.4, 0.5) is 0 Å². The first-order valence-corrected chi connectivity index (χ1v) is 11.1. The molecule has 0 fully saturated rings. The molecule has 3 N–H and O–H groups in total. The lowest BCUT2D eigenvalue weighted by Crippen LogP contribution is -2.32. The van der Waals surface area contributed by atoms with E-state index in [9.17, 15) is 24.6 Å². The van der Waals surface area contributed by atoms with E-state index in [-0.39, 0.29) is 30.2 Å². The van der Waals surface area contributed by atoms with Crippen molar-refractivity contribution in [2.24, 2.45) is 5.92 Å². The predicted molar refractivity (Wildman–Crippen MR) is 126 cm³/mol. The Morgan fingerprint density at radius 2 is 1.79 bits per heavy atom. The van der Waals surface area contributed by atoms with Gasteiger partial charge in [0.05, 0.1) is 30.4 Å². The monoisotopic (exact) mass is 455 g/mol. The largest absolute Gasteiger partial charge is 0.392 e. The van der Waals surface area contributed by atoms with Crippen LogP contribution in [0.3, 0.4) is 0 Å². The fourth-order valence-corrected chi connectivity index (χ4v) is 3.58. The lowest BCUT2D eigenvalue weighted by atomic mass is 9.90. The van der Waals surface area contributed by atoms with Crippen molar-refractivity contribution in [2.75, 3.05) is 7.11 Å². The van der Waals surface area contributed by atoms with E-state index in [2.05, 4.69) is 5.32 Å². The third kappa shape index (κ3) is 8.20. The summed E-state index contributed by atoms with van der Waals surface area (Å²) in [5.41, 5.74) is 0.940. The molecule has 2 rings (SSSR count). The molecule has 2 bridgehead atoms. The van der Waals surface area contributed by atoms with E-state index < -0.39 is 30.0 Å². The van der Waals surface area contributed by atoms with Gasteiger partial charge in [-0.2, -0.15) is 0 Å². The standard InChI is InChI=1S/C26H33NO6/c1-17-10-9-11-19-14-20(28)15-22(26(19)32)27-24(30)16-21(33-3)12-7-5-4-6-8-13-23(29)18(2)25(17)31/h4-8,10,12,14-15,18,21,23,25,29,31H,9,11,13,16H2,1-3H3,(H,27,30)/b5-4-,8-6+,12-7+,17-10+. The summed E-state index contributed by atoms with van der Waals surface area (Å²) in [6.45, 7) is 3.55. The second kappa shape index (κ2) is 13.0. The molecule has 0 aromatic rings. The van der Waals surface area contributed by atoms with Crippen molar-refractivity contribution in [1.82, 2.24) is 5.32 Å². The van der Waals surface area contributed by atoms with E-state index in [0.717, 1.165) is 6.08 Å². The molecule has 4 atom stereocenters. The molecule has 0 spiro atoms. The molecule has 0 aromatic heterocycles. The molecule has 7 heteroatoms. The van der Waals surface area contributed by atoms with Crippen LogP contribution in [-0.2, 0) is 19.1 Å². The number of hydrogen-bond acceptors (Lipinski definition) is 6. The number of nitrogens with one attached hydrogen (secondary N) is 1. The summed E-state index contributed by atoms with van der Waals surface area (Å²) in [4.78, 5) is 37.3. The molecule has 1 heterocycles. The molecular weight excluding hydrogens is 422 g/mol. The number of methoxy groups -OCH3 is 1. The molecule has 0 radical (unpaired) electrons. The number of ether oxygens (including phenoxy) is 1. The fraction of sp³-hybridized carbons (Fsp3) is 0.423. The Balaban J connectivity index is 2.25. The lowest BCUT2D eigenvalue weighted by molar-refractivity contribution is -0.124. The smallest absolute Gasteiger partial charge is 0.227 e. The maximum atomic E-state index is 12.8. The average molecular weight is 456 g/mol. The SMILES string of the molecule is COC1/C=C/C=C\C=C\CC(O)C(C)C(O)/C(C)=C/CCC2=CC(=O)C=C(NC(=O)C1)C2=O. The first-order valence-electron chi connectivity index (χ1n) is 11.1. The zero-order chi connectivity index (χ0) is 24.4. The quantitative estimate of drug-likeness (QED) is 0.414. The van der Waals surface area contributed by atoms with Gasteiger partial charge in [0.25, 0.3) is 0 Å². The highest BCUT2D eigenvalue weighted by atomic mass is 16.5. The number of fused-ring (bicyclic) bond motifs is 2. The van der Waals surface area contributed by atoms with Crippen molar-refractivity contribution in [3.8, 4) is 0 Å². The van der Waals surface area contributed by atoms with Gasteiger partial charge in [-0.3, -0.25) is 14.4 Å². The van der Waals surface area contributed by atoms with Crippen molar-refractivity contribution in [2.45, 2.75) is 57.8 Å². The van der Waals surface area contributed by atoms with Gasteiger partial charge in [-0.15, -0.1) is 0 Å². The van der Waals surface area contributed by atoms with E-state index in [1.54, 1.807) is 50.3 Å². The van der Waals surface area contributed by atoms with E-state index >= 15 is 0 Å². The second-order valence-electron chi connectivity index (χ2n) is 8.28. The van der Waals surface area contributed by atoms with Crippen LogP contribution in [0.1, 0.15) is 39.5 Å². The topological polar surface area (TPSA) is 113 Å². The lowest BCUT2D eigenvalue weighted by Gasteiger charge is -2.24. The number of aliphatic hydroxyl groups excluding tert-OH is 2. The number of aliphatic hydroxyl groups is 2. The summed E-state index contributed by atoms with van der Waals surface area (Å²) in [7, 11) is 1.48. The Morgan fingerprint density at radius 3 is 2.52 bits per heavy atom. The normalized spacial score (nSPS) is 32.9. The number of Topliss-reactive ketones (excluding diaryl/α,β-unsaturated/α-hetero) is 1. The van der Waals surface area contributed by atoms with Crippen molar-refractivity contribution >= 4 is 17.5 Å². The Labute approximate surface area is 194 Å². The number of carbonyl (C=O) groups excluding carboxylic acids is 3. The number of carbonyl (C=O) groups is 3. The zero-order valence-electron chi connectivity index (χ0n) is 19.4. The van der Waals surface area contributed by atoms with Gasteiger partial charge in [0.2, 0.25) is 11.7 Å². The van der Waals surface area contributed by atoms with Gasteiger partial charge in [-0.05, 0) is 37.8 Å². The van der Waals surface area contributed by atoms with E-state index in [0.29, 0.717) is 24.0 Å². The molecule has 7 nitrogen and oxygen atoms in total. The van der Waals surface area contributed by atoms with E-state index in [4.69, 9.17) is 4.74 Å². The minimum absolute atomic E-state index is 0.0154. The molecular formula is C26H33NO6. The number of hydrogen-bond donors (Lipinski definition) is 3. The Morgan fingerprint density at radius 1 is 1.06 bits per heavy atom. The number of allylic oxidation sites excluding steroid dienone is 8. The van der Waals surface area contributed by atoms with E-state index in [1.807, 2.05) is 6.08 Å². The Kier molecular flexibility index (Phi) is 10.4.